The molecule has 1 aliphatic rings. The molecule has 16 heavy (non-hydrogen) atoms. The predicted molar refractivity (Wildman–Crippen MR) is 73.0 cm³/mol. The van der Waals surface area contributed by atoms with E-state index in [2.05, 4.69) is 50.7 Å². The van der Waals surface area contributed by atoms with Gasteiger partial charge in [-0.15, -0.1) is 0 Å². The van der Waals surface area contributed by atoms with Crippen LogP contribution >= 0.6 is 31.9 Å². The largest absolute Gasteiger partial charge is 0.475 e. The second-order valence-corrected chi connectivity index (χ2v) is 6.05. The van der Waals surface area contributed by atoms with Gasteiger partial charge in [-0.05, 0) is 24.1 Å². The summed E-state index contributed by atoms with van der Waals surface area (Å²) in [5.74, 6) is 1.27. The van der Waals surface area contributed by atoms with Gasteiger partial charge in [0.2, 0.25) is 5.90 Å². The number of benzene rings is 1. The van der Waals surface area contributed by atoms with Gasteiger partial charge in [0.05, 0.1) is 6.04 Å². The van der Waals surface area contributed by atoms with E-state index in [0.29, 0.717) is 12.5 Å². The molecule has 4 heteroatoms. The van der Waals surface area contributed by atoms with E-state index in [-0.39, 0.29) is 6.04 Å². The highest BCUT2D eigenvalue weighted by Crippen LogP contribution is 2.24. The number of halogens is 2. The van der Waals surface area contributed by atoms with Crippen molar-refractivity contribution in [3.8, 4) is 0 Å². The minimum atomic E-state index is 0.285. The van der Waals surface area contributed by atoms with Crippen LogP contribution in [0.2, 0.25) is 0 Å². The minimum Gasteiger partial charge on any atom is -0.475 e. The Balaban J connectivity index is 2.28. The van der Waals surface area contributed by atoms with Crippen LogP contribution in [0.3, 0.4) is 0 Å². The Morgan fingerprint density at radius 2 is 1.88 bits per heavy atom. The maximum atomic E-state index is 5.63. The zero-order valence-electron chi connectivity index (χ0n) is 9.21. The highest BCUT2D eigenvalue weighted by molar-refractivity contribution is 9.11. The number of aliphatic imine (C=N–C) groups is 1. The molecule has 0 fully saturated rings. The van der Waals surface area contributed by atoms with E-state index in [9.17, 15) is 0 Å². The van der Waals surface area contributed by atoms with Crippen LogP contribution in [0.25, 0.3) is 0 Å². The third-order valence-electron chi connectivity index (χ3n) is 2.55. The van der Waals surface area contributed by atoms with E-state index in [1.54, 1.807) is 0 Å². The van der Waals surface area contributed by atoms with Gasteiger partial charge in [0.25, 0.3) is 0 Å². The van der Waals surface area contributed by atoms with Crippen LogP contribution in [0.15, 0.2) is 32.1 Å². The van der Waals surface area contributed by atoms with Crippen molar-refractivity contribution in [3.05, 3.63) is 32.7 Å². The molecule has 86 valence electrons. The quantitative estimate of drug-likeness (QED) is 0.792. The lowest BCUT2D eigenvalue weighted by molar-refractivity contribution is 0.292. The summed E-state index contributed by atoms with van der Waals surface area (Å²) in [7, 11) is 0. The molecule has 0 amide bonds. The van der Waals surface area contributed by atoms with Crippen LogP contribution in [0.4, 0.5) is 0 Å². The Kier molecular flexibility index (Phi) is 3.70. The summed E-state index contributed by atoms with van der Waals surface area (Å²) in [6.45, 7) is 5.02. The predicted octanol–water partition coefficient (Wildman–Crippen LogP) is 4.01. The molecular formula is C12H13Br2NO. The normalized spacial score (nSPS) is 19.8. The first-order valence-corrected chi connectivity index (χ1v) is 6.82. The average molecular weight is 347 g/mol. The smallest absolute Gasteiger partial charge is 0.216 e. The molecule has 0 spiro atoms. The zero-order valence-corrected chi connectivity index (χ0v) is 12.4. The number of ether oxygens (including phenoxy) is 1. The van der Waals surface area contributed by atoms with Crippen molar-refractivity contribution in [3.63, 3.8) is 0 Å². The van der Waals surface area contributed by atoms with Crippen LogP contribution in [0.1, 0.15) is 19.4 Å². The molecule has 0 saturated carbocycles. The topological polar surface area (TPSA) is 21.6 Å². The summed E-state index contributed by atoms with van der Waals surface area (Å²) in [5.41, 5.74) is 1.02. The third-order valence-corrected chi connectivity index (χ3v) is 3.47. The van der Waals surface area contributed by atoms with Crippen molar-refractivity contribution >= 4 is 37.8 Å². The number of hydrogen-bond acceptors (Lipinski definition) is 2. The van der Waals surface area contributed by atoms with Crippen LogP contribution < -0.4 is 0 Å². The molecule has 1 atom stereocenters. The van der Waals surface area contributed by atoms with Crippen molar-refractivity contribution in [2.75, 3.05) is 6.61 Å². The lowest BCUT2D eigenvalue weighted by Crippen LogP contribution is -2.13. The van der Waals surface area contributed by atoms with E-state index >= 15 is 0 Å². The highest BCUT2D eigenvalue weighted by atomic mass is 79.9. The van der Waals surface area contributed by atoms with Gasteiger partial charge >= 0.3 is 0 Å². The third kappa shape index (κ3) is 2.66. The van der Waals surface area contributed by atoms with Crippen LogP contribution in [0, 0.1) is 5.92 Å². The summed E-state index contributed by atoms with van der Waals surface area (Å²) >= 11 is 6.93. The standard InChI is InChI=1S/C12H13Br2NO/c1-7(2)11-6-16-12(15-11)8-3-9(13)5-10(14)4-8/h3-5,7,11H,6H2,1-2H3/t11-/m1/s1. The fraction of sp³-hybridized carbons (Fsp3) is 0.417. The lowest BCUT2D eigenvalue weighted by Gasteiger charge is -2.06. The zero-order chi connectivity index (χ0) is 11.7. The number of rotatable bonds is 2. The molecule has 0 unspecified atom stereocenters. The van der Waals surface area contributed by atoms with Gasteiger partial charge in [-0.1, -0.05) is 45.7 Å². The SMILES string of the molecule is CC(C)[C@H]1COC(c2cc(Br)cc(Br)c2)=N1. The molecule has 1 heterocycles. The maximum Gasteiger partial charge on any atom is 0.216 e. The summed E-state index contributed by atoms with van der Waals surface area (Å²) in [6, 6.07) is 6.32. The van der Waals surface area contributed by atoms with Crippen molar-refractivity contribution in [2.45, 2.75) is 19.9 Å². The fourth-order valence-corrected chi connectivity index (χ4v) is 2.86. The molecule has 0 bridgehead atoms. The summed E-state index contributed by atoms with van der Waals surface area (Å²) in [6.07, 6.45) is 0. The molecule has 2 nitrogen and oxygen atoms in total. The highest BCUT2D eigenvalue weighted by Gasteiger charge is 2.22. The average Bonchev–Trinajstić information content (AvgIpc) is 2.64. The van der Waals surface area contributed by atoms with Crippen molar-refractivity contribution in [1.82, 2.24) is 0 Å². The Hall–Kier alpha value is -0.350. The minimum absolute atomic E-state index is 0.285. The first-order valence-electron chi connectivity index (χ1n) is 5.23. The first-order chi connectivity index (χ1) is 7.56. The maximum absolute atomic E-state index is 5.63. The van der Waals surface area contributed by atoms with Gasteiger partial charge in [0, 0.05) is 14.5 Å². The van der Waals surface area contributed by atoms with Crippen LogP contribution in [-0.2, 0) is 4.74 Å². The molecule has 0 aromatic heterocycles. The Morgan fingerprint density at radius 3 is 2.38 bits per heavy atom. The van der Waals surface area contributed by atoms with Crippen molar-refractivity contribution in [2.24, 2.45) is 10.9 Å². The van der Waals surface area contributed by atoms with E-state index in [4.69, 9.17) is 4.74 Å². The summed E-state index contributed by atoms with van der Waals surface area (Å²) < 4.78 is 7.68. The van der Waals surface area contributed by atoms with E-state index in [1.807, 2.05) is 18.2 Å². The molecule has 0 aliphatic carbocycles. The Bertz CT molecular complexity index is 409. The molecule has 2 rings (SSSR count). The first kappa shape index (κ1) is 12.1. The van der Waals surface area contributed by atoms with E-state index < -0.39 is 0 Å². The Labute approximate surface area is 112 Å². The molecule has 0 saturated heterocycles. The van der Waals surface area contributed by atoms with Gasteiger partial charge < -0.3 is 4.74 Å². The van der Waals surface area contributed by atoms with Crippen molar-refractivity contribution in [1.29, 1.82) is 0 Å². The second-order valence-electron chi connectivity index (χ2n) is 4.21. The molecule has 1 aliphatic heterocycles. The van der Waals surface area contributed by atoms with E-state index in [1.165, 1.54) is 0 Å². The molecular weight excluding hydrogens is 334 g/mol. The van der Waals surface area contributed by atoms with Gasteiger partial charge in [0.1, 0.15) is 6.61 Å². The monoisotopic (exact) mass is 345 g/mol. The van der Waals surface area contributed by atoms with Gasteiger partial charge in [-0.2, -0.15) is 0 Å². The molecule has 0 N–H and O–H groups in total. The van der Waals surface area contributed by atoms with Crippen LogP contribution in [0.5, 0.6) is 0 Å². The second kappa shape index (κ2) is 4.88. The molecule has 1 aromatic carbocycles. The van der Waals surface area contributed by atoms with E-state index in [0.717, 1.165) is 20.4 Å². The fourth-order valence-electron chi connectivity index (χ4n) is 1.57. The summed E-state index contributed by atoms with van der Waals surface area (Å²) in [5, 5.41) is 0. The molecule has 0 radical (unpaired) electrons. The van der Waals surface area contributed by atoms with Gasteiger partial charge in [0.15, 0.2) is 0 Å². The van der Waals surface area contributed by atoms with Crippen molar-refractivity contribution < 1.29 is 4.74 Å². The van der Waals surface area contributed by atoms with Crippen LogP contribution in [-0.4, -0.2) is 18.5 Å². The van der Waals surface area contributed by atoms with Gasteiger partial charge in [-0.3, -0.25) is 0 Å². The lowest BCUT2D eigenvalue weighted by atomic mass is 10.1. The molecule has 1 aromatic rings. The van der Waals surface area contributed by atoms with Gasteiger partial charge in [-0.25, -0.2) is 4.99 Å². The summed E-state index contributed by atoms with van der Waals surface area (Å²) in [4.78, 5) is 4.59. The number of nitrogens with zero attached hydrogens (tertiary/aromatic N) is 1. The Morgan fingerprint density at radius 1 is 1.25 bits per heavy atom. The number of hydrogen-bond donors (Lipinski definition) is 0.